The smallest absolute Gasteiger partial charge is 0.233 e. The molecule has 3 aromatic rings. The molecule has 0 atom stereocenters. The van der Waals surface area contributed by atoms with Gasteiger partial charge in [0.1, 0.15) is 0 Å². The molecule has 0 aliphatic heterocycles. The van der Waals surface area contributed by atoms with Crippen LogP contribution in [0.2, 0.25) is 0 Å². The van der Waals surface area contributed by atoms with Crippen molar-refractivity contribution in [3.05, 3.63) is 58.9 Å². The van der Waals surface area contributed by atoms with Crippen LogP contribution in [-0.4, -0.2) is 33.6 Å². The number of carbonyl (C=O) groups is 1. The summed E-state index contributed by atoms with van der Waals surface area (Å²) in [6.07, 6.45) is 1.80. The molecule has 3 rings (SSSR count). The van der Waals surface area contributed by atoms with Gasteiger partial charge in [0.05, 0.1) is 24.2 Å². The van der Waals surface area contributed by atoms with Crippen molar-refractivity contribution in [1.82, 2.24) is 14.9 Å². The monoisotopic (exact) mass is 343 g/mol. The maximum atomic E-state index is 12.2. The van der Waals surface area contributed by atoms with Gasteiger partial charge in [-0.05, 0) is 17.0 Å². The predicted molar refractivity (Wildman–Crippen MR) is 95.5 cm³/mol. The minimum atomic E-state index is 0.0982. The average Bonchev–Trinajstić information content (AvgIpc) is 3.25. The van der Waals surface area contributed by atoms with Crippen LogP contribution in [0.25, 0.3) is 11.3 Å². The van der Waals surface area contributed by atoms with E-state index in [0.29, 0.717) is 12.3 Å². The van der Waals surface area contributed by atoms with Crippen molar-refractivity contribution >= 4 is 29.0 Å². The highest BCUT2D eigenvalue weighted by atomic mass is 32.2. The summed E-state index contributed by atoms with van der Waals surface area (Å²) in [5, 5.41) is 2.79. The number of benzene rings is 1. The Bertz CT molecular complexity index is 753. The summed E-state index contributed by atoms with van der Waals surface area (Å²) in [5.41, 5.74) is 2.06. The quantitative estimate of drug-likeness (QED) is 0.691. The summed E-state index contributed by atoms with van der Waals surface area (Å²) in [6.45, 7) is 0.657. The zero-order valence-electron chi connectivity index (χ0n) is 12.7. The molecule has 1 N–H and O–H groups in total. The maximum Gasteiger partial charge on any atom is 0.233 e. The largest absolute Gasteiger partial charge is 0.340 e. The standard InChI is InChI=1S/C17H17N3OS2/c1-20(11-14-8-5-9-22-14)16(21)12-23-17-18-10-15(19-17)13-6-3-2-4-7-13/h2-10H,11-12H2,1H3,(H,18,19). The molecule has 0 radical (unpaired) electrons. The van der Waals surface area contributed by atoms with Gasteiger partial charge in [0.25, 0.3) is 0 Å². The third-order valence-electron chi connectivity index (χ3n) is 3.37. The first kappa shape index (κ1) is 15.8. The van der Waals surface area contributed by atoms with Gasteiger partial charge in [0, 0.05) is 11.9 Å². The van der Waals surface area contributed by atoms with Crippen LogP contribution in [0.5, 0.6) is 0 Å². The Kier molecular flexibility index (Phi) is 5.15. The summed E-state index contributed by atoms with van der Waals surface area (Å²) < 4.78 is 0. The molecule has 0 unspecified atom stereocenters. The van der Waals surface area contributed by atoms with Gasteiger partial charge >= 0.3 is 0 Å². The number of aromatic amines is 1. The van der Waals surface area contributed by atoms with Crippen LogP contribution in [-0.2, 0) is 11.3 Å². The lowest BCUT2D eigenvalue weighted by Gasteiger charge is -2.15. The fourth-order valence-electron chi connectivity index (χ4n) is 2.11. The van der Waals surface area contributed by atoms with Crippen molar-refractivity contribution in [2.24, 2.45) is 0 Å². The highest BCUT2D eigenvalue weighted by molar-refractivity contribution is 7.99. The predicted octanol–water partition coefficient (Wildman–Crippen LogP) is 3.89. The molecule has 1 amide bonds. The number of imidazole rings is 1. The summed E-state index contributed by atoms with van der Waals surface area (Å²) in [6, 6.07) is 14.1. The Balaban J connectivity index is 1.54. The molecule has 23 heavy (non-hydrogen) atoms. The number of thiophene rings is 1. The molecule has 6 heteroatoms. The molecule has 0 aliphatic carbocycles. The van der Waals surface area contributed by atoms with Crippen LogP contribution >= 0.6 is 23.1 Å². The molecule has 1 aromatic carbocycles. The van der Waals surface area contributed by atoms with E-state index < -0.39 is 0 Å². The van der Waals surface area contributed by atoms with Crippen molar-refractivity contribution in [2.45, 2.75) is 11.7 Å². The van der Waals surface area contributed by atoms with E-state index in [1.54, 1.807) is 22.4 Å². The highest BCUT2D eigenvalue weighted by Crippen LogP contribution is 2.21. The summed E-state index contributed by atoms with van der Waals surface area (Å²) in [4.78, 5) is 22.7. The molecule has 0 fully saturated rings. The number of hydrogen-bond donors (Lipinski definition) is 1. The lowest BCUT2D eigenvalue weighted by atomic mass is 10.2. The normalized spacial score (nSPS) is 10.7. The van der Waals surface area contributed by atoms with Gasteiger partial charge in [-0.15, -0.1) is 11.3 Å². The van der Waals surface area contributed by atoms with Gasteiger partial charge in [-0.25, -0.2) is 4.98 Å². The van der Waals surface area contributed by atoms with Crippen LogP contribution in [0.3, 0.4) is 0 Å². The van der Waals surface area contributed by atoms with Crippen molar-refractivity contribution in [2.75, 3.05) is 12.8 Å². The van der Waals surface area contributed by atoms with Gasteiger partial charge in [-0.3, -0.25) is 4.79 Å². The van der Waals surface area contributed by atoms with Gasteiger partial charge in [-0.1, -0.05) is 48.2 Å². The van der Waals surface area contributed by atoms with E-state index in [1.165, 1.54) is 16.6 Å². The maximum absolute atomic E-state index is 12.2. The van der Waals surface area contributed by atoms with Gasteiger partial charge < -0.3 is 9.88 Å². The van der Waals surface area contributed by atoms with E-state index in [-0.39, 0.29) is 5.91 Å². The summed E-state index contributed by atoms with van der Waals surface area (Å²) in [5.74, 6) is 0.477. The SMILES string of the molecule is CN(Cc1cccs1)C(=O)CSc1ncc(-c2ccccc2)[nH]1. The van der Waals surface area contributed by atoms with Crippen molar-refractivity contribution < 1.29 is 4.79 Å². The zero-order valence-corrected chi connectivity index (χ0v) is 14.4. The first-order valence-corrected chi connectivity index (χ1v) is 9.08. The molecule has 4 nitrogen and oxygen atoms in total. The van der Waals surface area contributed by atoms with E-state index in [2.05, 4.69) is 9.97 Å². The second-order valence-electron chi connectivity index (χ2n) is 5.09. The van der Waals surface area contributed by atoms with Crippen molar-refractivity contribution in [3.63, 3.8) is 0 Å². The van der Waals surface area contributed by atoms with Gasteiger partial charge in [0.2, 0.25) is 5.91 Å². The minimum absolute atomic E-state index is 0.0982. The van der Waals surface area contributed by atoms with Crippen LogP contribution in [0.1, 0.15) is 4.88 Å². The van der Waals surface area contributed by atoms with Crippen LogP contribution in [0, 0.1) is 0 Å². The third kappa shape index (κ3) is 4.24. The Morgan fingerprint density at radius 1 is 1.26 bits per heavy atom. The molecular weight excluding hydrogens is 326 g/mol. The number of amides is 1. The third-order valence-corrected chi connectivity index (χ3v) is 5.10. The van der Waals surface area contributed by atoms with Crippen molar-refractivity contribution in [3.8, 4) is 11.3 Å². The minimum Gasteiger partial charge on any atom is -0.340 e. The summed E-state index contributed by atoms with van der Waals surface area (Å²) >= 11 is 3.10. The number of carbonyl (C=O) groups excluding carboxylic acids is 1. The van der Waals surface area contributed by atoms with E-state index >= 15 is 0 Å². The number of nitrogens with one attached hydrogen (secondary N) is 1. The van der Waals surface area contributed by atoms with Crippen molar-refractivity contribution in [1.29, 1.82) is 0 Å². The zero-order chi connectivity index (χ0) is 16.1. The molecule has 2 heterocycles. The van der Waals surface area contributed by atoms with Gasteiger partial charge in [0.15, 0.2) is 5.16 Å². The molecule has 2 aromatic heterocycles. The van der Waals surface area contributed by atoms with Crippen LogP contribution < -0.4 is 0 Å². The lowest BCUT2D eigenvalue weighted by Crippen LogP contribution is -2.27. The van der Waals surface area contributed by atoms with Gasteiger partial charge in [-0.2, -0.15) is 0 Å². The molecule has 0 bridgehead atoms. The van der Waals surface area contributed by atoms with E-state index in [1.807, 2.05) is 54.9 Å². The Hall–Kier alpha value is -2.05. The number of rotatable bonds is 6. The number of H-pyrrole nitrogens is 1. The van der Waals surface area contributed by atoms with Crippen LogP contribution in [0.15, 0.2) is 59.2 Å². The Morgan fingerprint density at radius 3 is 2.83 bits per heavy atom. The molecule has 0 saturated heterocycles. The van der Waals surface area contributed by atoms with Crippen LogP contribution in [0.4, 0.5) is 0 Å². The average molecular weight is 343 g/mol. The van der Waals surface area contributed by atoms with E-state index in [0.717, 1.165) is 16.4 Å². The molecule has 118 valence electrons. The second-order valence-corrected chi connectivity index (χ2v) is 7.08. The number of hydrogen-bond acceptors (Lipinski definition) is 4. The summed E-state index contributed by atoms with van der Waals surface area (Å²) in [7, 11) is 1.83. The highest BCUT2D eigenvalue weighted by Gasteiger charge is 2.12. The first-order chi connectivity index (χ1) is 11.2. The first-order valence-electron chi connectivity index (χ1n) is 7.22. The molecular formula is C17H17N3OS2. The molecule has 0 spiro atoms. The number of nitrogens with zero attached hydrogens (tertiary/aromatic N) is 2. The van der Waals surface area contributed by atoms with E-state index in [9.17, 15) is 4.79 Å². The second kappa shape index (κ2) is 7.48. The molecule has 0 aliphatic rings. The molecule has 0 saturated carbocycles. The number of thioether (sulfide) groups is 1. The number of aromatic nitrogens is 2. The Morgan fingerprint density at radius 2 is 2.09 bits per heavy atom. The Labute approximate surface area is 143 Å². The topological polar surface area (TPSA) is 49.0 Å². The fraction of sp³-hybridized carbons (Fsp3) is 0.176. The fourth-order valence-corrected chi connectivity index (χ4v) is 3.65. The lowest BCUT2D eigenvalue weighted by molar-refractivity contribution is -0.127. The van der Waals surface area contributed by atoms with E-state index in [4.69, 9.17) is 0 Å².